The predicted octanol–water partition coefficient (Wildman–Crippen LogP) is 1.38. The Kier molecular flexibility index (Phi) is 4.25. The minimum absolute atomic E-state index is 0.349. The zero-order chi connectivity index (χ0) is 12.8. The first-order valence-corrected chi connectivity index (χ1v) is 6.02. The summed E-state index contributed by atoms with van der Waals surface area (Å²) in [5, 5.41) is 4.02. The van der Waals surface area contributed by atoms with Crippen molar-refractivity contribution in [3.63, 3.8) is 0 Å². The Bertz CT molecular complexity index is 513. The predicted molar refractivity (Wildman–Crippen MR) is 72.5 cm³/mol. The normalized spacial score (nSPS) is 10.2. The standard InChI is InChI=1S/C12H14N4OS/c13-12(18)10-4-1-2-5-11(10)17-7-3-6-16-9-14-8-15-16/h1-2,4-5,8-9H,3,6-7H2,(H2,13,18). The van der Waals surface area contributed by atoms with Crippen molar-refractivity contribution in [2.24, 2.45) is 5.73 Å². The van der Waals surface area contributed by atoms with Gasteiger partial charge in [-0.2, -0.15) is 5.10 Å². The second kappa shape index (κ2) is 6.11. The SMILES string of the molecule is NC(=S)c1ccccc1OCCCn1cncn1. The van der Waals surface area contributed by atoms with Gasteiger partial charge in [-0.1, -0.05) is 24.4 Å². The van der Waals surface area contributed by atoms with Crippen molar-refractivity contribution in [2.45, 2.75) is 13.0 Å². The number of thiocarbonyl (C=S) groups is 1. The number of aryl methyl sites for hydroxylation is 1. The van der Waals surface area contributed by atoms with Crippen molar-refractivity contribution < 1.29 is 4.74 Å². The van der Waals surface area contributed by atoms with Gasteiger partial charge in [0.15, 0.2) is 0 Å². The highest BCUT2D eigenvalue weighted by atomic mass is 32.1. The van der Waals surface area contributed by atoms with Crippen molar-refractivity contribution in [1.29, 1.82) is 0 Å². The van der Waals surface area contributed by atoms with Crippen molar-refractivity contribution in [3.05, 3.63) is 42.5 Å². The van der Waals surface area contributed by atoms with E-state index in [1.54, 1.807) is 11.0 Å². The quantitative estimate of drug-likeness (QED) is 0.629. The molecule has 0 unspecified atom stereocenters. The van der Waals surface area contributed by atoms with Gasteiger partial charge in [-0.3, -0.25) is 4.68 Å². The maximum absolute atomic E-state index is 5.67. The van der Waals surface area contributed by atoms with Gasteiger partial charge in [-0.05, 0) is 12.1 Å². The summed E-state index contributed by atoms with van der Waals surface area (Å²) in [7, 11) is 0. The van der Waals surface area contributed by atoms with Crippen LogP contribution in [-0.2, 0) is 6.54 Å². The highest BCUT2D eigenvalue weighted by Gasteiger charge is 2.04. The van der Waals surface area contributed by atoms with Crippen LogP contribution >= 0.6 is 12.2 Å². The van der Waals surface area contributed by atoms with Gasteiger partial charge in [0.05, 0.1) is 12.2 Å². The fraction of sp³-hybridized carbons (Fsp3) is 0.250. The molecular formula is C12H14N4OS. The van der Waals surface area contributed by atoms with Crippen molar-refractivity contribution in [2.75, 3.05) is 6.61 Å². The largest absolute Gasteiger partial charge is 0.493 e. The molecule has 0 fully saturated rings. The Balaban J connectivity index is 1.85. The highest BCUT2D eigenvalue weighted by Crippen LogP contribution is 2.17. The zero-order valence-electron chi connectivity index (χ0n) is 9.82. The third-order valence-corrected chi connectivity index (χ3v) is 2.63. The van der Waals surface area contributed by atoms with Crippen LogP contribution in [0.3, 0.4) is 0 Å². The lowest BCUT2D eigenvalue weighted by Crippen LogP contribution is -2.12. The molecule has 0 aliphatic rings. The average Bonchev–Trinajstić information content (AvgIpc) is 2.88. The zero-order valence-corrected chi connectivity index (χ0v) is 10.6. The van der Waals surface area contributed by atoms with Gasteiger partial charge in [0, 0.05) is 13.0 Å². The molecule has 5 nitrogen and oxygen atoms in total. The molecule has 0 aliphatic carbocycles. The van der Waals surface area contributed by atoms with Crippen LogP contribution in [-0.4, -0.2) is 26.4 Å². The molecule has 2 rings (SSSR count). The van der Waals surface area contributed by atoms with Gasteiger partial charge in [0.2, 0.25) is 0 Å². The van der Waals surface area contributed by atoms with Gasteiger partial charge in [-0.25, -0.2) is 4.98 Å². The molecule has 0 aliphatic heterocycles. The van der Waals surface area contributed by atoms with E-state index in [1.807, 2.05) is 24.3 Å². The summed E-state index contributed by atoms with van der Waals surface area (Å²) < 4.78 is 7.43. The molecule has 0 bridgehead atoms. The summed E-state index contributed by atoms with van der Waals surface area (Å²) in [4.78, 5) is 4.22. The Labute approximate surface area is 111 Å². The Morgan fingerprint density at radius 1 is 1.39 bits per heavy atom. The number of hydrogen-bond donors (Lipinski definition) is 1. The van der Waals surface area contributed by atoms with Crippen LogP contribution in [0.25, 0.3) is 0 Å². The molecule has 6 heteroatoms. The molecule has 0 radical (unpaired) electrons. The highest BCUT2D eigenvalue weighted by molar-refractivity contribution is 7.80. The second-order valence-electron chi connectivity index (χ2n) is 3.72. The molecule has 0 saturated heterocycles. The number of ether oxygens (including phenoxy) is 1. The van der Waals surface area contributed by atoms with Gasteiger partial charge in [0.1, 0.15) is 23.4 Å². The molecule has 1 aromatic carbocycles. The van der Waals surface area contributed by atoms with Crippen LogP contribution in [0, 0.1) is 0 Å². The maximum atomic E-state index is 5.67. The average molecular weight is 262 g/mol. The molecule has 1 heterocycles. The van der Waals surface area contributed by atoms with Crippen LogP contribution in [0.5, 0.6) is 5.75 Å². The lowest BCUT2D eigenvalue weighted by atomic mass is 10.2. The monoisotopic (exact) mass is 262 g/mol. The summed E-state index contributed by atoms with van der Waals surface area (Å²) in [6.45, 7) is 1.36. The Morgan fingerprint density at radius 3 is 2.94 bits per heavy atom. The van der Waals surface area contributed by atoms with Gasteiger partial charge in [-0.15, -0.1) is 0 Å². The van der Waals surface area contributed by atoms with E-state index in [2.05, 4.69) is 10.1 Å². The van der Waals surface area contributed by atoms with E-state index in [9.17, 15) is 0 Å². The molecule has 2 aromatic rings. The molecule has 2 N–H and O–H groups in total. The number of hydrogen-bond acceptors (Lipinski definition) is 4. The molecule has 1 aromatic heterocycles. The summed E-state index contributed by atoms with van der Waals surface area (Å²) in [6, 6.07) is 7.50. The fourth-order valence-electron chi connectivity index (χ4n) is 1.55. The van der Waals surface area contributed by atoms with E-state index in [0.717, 1.165) is 24.3 Å². The van der Waals surface area contributed by atoms with Crippen molar-refractivity contribution >= 4 is 17.2 Å². The number of para-hydroxylation sites is 1. The molecule has 94 valence electrons. The number of benzene rings is 1. The Morgan fingerprint density at radius 2 is 2.22 bits per heavy atom. The van der Waals surface area contributed by atoms with Crippen LogP contribution < -0.4 is 10.5 Å². The van der Waals surface area contributed by atoms with E-state index in [1.165, 1.54) is 6.33 Å². The smallest absolute Gasteiger partial charge is 0.137 e. The first-order chi connectivity index (χ1) is 8.77. The van der Waals surface area contributed by atoms with E-state index in [0.29, 0.717) is 11.6 Å². The molecule has 0 atom stereocenters. The summed E-state index contributed by atoms with van der Waals surface area (Å²) in [5.41, 5.74) is 6.40. The third-order valence-electron chi connectivity index (χ3n) is 2.41. The summed E-state index contributed by atoms with van der Waals surface area (Å²) in [5.74, 6) is 0.726. The van der Waals surface area contributed by atoms with E-state index < -0.39 is 0 Å². The third kappa shape index (κ3) is 3.27. The first-order valence-electron chi connectivity index (χ1n) is 5.61. The van der Waals surface area contributed by atoms with Crippen molar-refractivity contribution in [1.82, 2.24) is 14.8 Å². The summed E-state index contributed by atoms with van der Waals surface area (Å²) in [6.07, 6.45) is 4.04. The second-order valence-corrected chi connectivity index (χ2v) is 4.16. The number of nitrogens with zero attached hydrogens (tertiary/aromatic N) is 3. The lowest BCUT2D eigenvalue weighted by Gasteiger charge is -2.10. The fourth-order valence-corrected chi connectivity index (χ4v) is 1.72. The van der Waals surface area contributed by atoms with Crippen LogP contribution in [0.15, 0.2) is 36.9 Å². The topological polar surface area (TPSA) is 66.0 Å². The first kappa shape index (κ1) is 12.5. The van der Waals surface area contributed by atoms with Crippen LogP contribution in [0.4, 0.5) is 0 Å². The lowest BCUT2D eigenvalue weighted by molar-refractivity contribution is 0.298. The van der Waals surface area contributed by atoms with E-state index in [-0.39, 0.29) is 0 Å². The van der Waals surface area contributed by atoms with Crippen LogP contribution in [0.1, 0.15) is 12.0 Å². The minimum atomic E-state index is 0.349. The molecule has 0 amide bonds. The summed E-state index contributed by atoms with van der Waals surface area (Å²) >= 11 is 4.97. The number of rotatable bonds is 6. The minimum Gasteiger partial charge on any atom is -0.493 e. The van der Waals surface area contributed by atoms with E-state index >= 15 is 0 Å². The van der Waals surface area contributed by atoms with E-state index in [4.69, 9.17) is 22.7 Å². The number of aromatic nitrogens is 3. The molecule has 0 saturated carbocycles. The number of nitrogens with two attached hydrogens (primary N) is 1. The van der Waals surface area contributed by atoms with Crippen LogP contribution in [0.2, 0.25) is 0 Å². The maximum Gasteiger partial charge on any atom is 0.137 e. The van der Waals surface area contributed by atoms with Gasteiger partial charge in [0.25, 0.3) is 0 Å². The van der Waals surface area contributed by atoms with Gasteiger partial charge < -0.3 is 10.5 Å². The molecule has 18 heavy (non-hydrogen) atoms. The van der Waals surface area contributed by atoms with Crippen molar-refractivity contribution in [3.8, 4) is 5.75 Å². The molecule has 0 spiro atoms. The molecular weight excluding hydrogens is 248 g/mol. The Hall–Kier alpha value is -1.95. The van der Waals surface area contributed by atoms with Gasteiger partial charge >= 0.3 is 0 Å².